The number of hydrogen-bond acceptors (Lipinski definition) is 6. The molecule has 0 radical (unpaired) electrons. The number of ether oxygens (including phenoxy) is 3. The highest BCUT2D eigenvalue weighted by Crippen LogP contribution is 2.43. The molecular weight excluding hydrogens is 458 g/mol. The van der Waals surface area contributed by atoms with Crippen molar-refractivity contribution in [2.24, 2.45) is 0 Å². The summed E-state index contributed by atoms with van der Waals surface area (Å²) in [5, 5.41) is 13.3. The summed E-state index contributed by atoms with van der Waals surface area (Å²) in [4.78, 5) is 28.3. The predicted molar refractivity (Wildman–Crippen MR) is 136 cm³/mol. The molecule has 2 aliphatic rings. The molecule has 0 spiro atoms. The fourth-order valence-corrected chi connectivity index (χ4v) is 5.13. The minimum atomic E-state index is -0.794. The molecule has 7 heteroatoms. The maximum atomic E-state index is 13.4. The Kier molecular flexibility index (Phi) is 6.65. The number of aliphatic hydroxyl groups is 1. The van der Waals surface area contributed by atoms with Crippen molar-refractivity contribution in [3.63, 3.8) is 0 Å². The third-order valence-corrected chi connectivity index (χ3v) is 6.81. The lowest BCUT2D eigenvalue weighted by Crippen LogP contribution is -2.36. The Hall–Kier alpha value is -3.84. The van der Waals surface area contributed by atoms with Crippen LogP contribution < -0.4 is 9.47 Å². The zero-order chi connectivity index (χ0) is 25.2. The first kappa shape index (κ1) is 23.9. The van der Waals surface area contributed by atoms with Crippen molar-refractivity contribution in [2.75, 3.05) is 26.9 Å². The van der Waals surface area contributed by atoms with Gasteiger partial charge in [-0.15, -0.1) is 0 Å². The molecule has 1 amide bonds. The summed E-state index contributed by atoms with van der Waals surface area (Å²) in [6.45, 7) is 3.24. The average Bonchev–Trinajstić information content (AvgIpc) is 3.51. The summed E-state index contributed by atoms with van der Waals surface area (Å²) in [6, 6.07) is 17.7. The average molecular weight is 488 g/mol. The number of rotatable bonds is 7. The highest BCUT2D eigenvalue weighted by molar-refractivity contribution is 6.46. The zero-order valence-corrected chi connectivity index (χ0v) is 20.4. The van der Waals surface area contributed by atoms with Gasteiger partial charge in [-0.1, -0.05) is 48.5 Å². The van der Waals surface area contributed by atoms with Gasteiger partial charge in [0.2, 0.25) is 0 Å². The van der Waals surface area contributed by atoms with Crippen molar-refractivity contribution in [1.29, 1.82) is 0 Å². The molecule has 186 valence electrons. The highest BCUT2D eigenvalue weighted by Gasteiger charge is 2.47. The van der Waals surface area contributed by atoms with E-state index < -0.39 is 17.7 Å². The summed E-state index contributed by atoms with van der Waals surface area (Å²) in [7, 11) is 1.54. The van der Waals surface area contributed by atoms with Crippen LogP contribution >= 0.6 is 0 Å². The molecule has 3 aromatic carbocycles. The normalized spacial score (nSPS) is 21.3. The number of Topliss-reactive ketones (excluding diaryl/α,β-unsaturated/α-hetero) is 1. The lowest BCUT2D eigenvalue weighted by Gasteiger charge is -2.28. The van der Waals surface area contributed by atoms with Crippen LogP contribution in [0.5, 0.6) is 11.5 Å². The van der Waals surface area contributed by atoms with Crippen LogP contribution in [0.1, 0.15) is 36.9 Å². The second-order valence-corrected chi connectivity index (χ2v) is 8.96. The first-order valence-corrected chi connectivity index (χ1v) is 12.2. The first-order chi connectivity index (χ1) is 17.5. The molecular formula is C29H29NO6. The van der Waals surface area contributed by atoms with Gasteiger partial charge in [0.25, 0.3) is 11.7 Å². The van der Waals surface area contributed by atoms with E-state index in [4.69, 9.17) is 14.2 Å². The third-order valence-electron chi connectivity index (χ3n) is 6.81. The number of aliphatic hydroxyl groups excluding tert-OH is 1. The molecule has 5 rings (SSSR count). The number of carbonyl (C=O) groups excluding carboxylic acids is 2. The van der Waals surface area contributed by atoms with Crippen molar-refractivity contribution < 1.29 is 28.9 Å². The van der Waals surface area contributed by atoms with Crippen molar-refractivity contribution in [1.82, 2.24) is 4.90 Å². The molecule has 7 nitrogen and oxygen atoms in total. The predicted octanol–water partition coefficient (Wildman–Crippen LogP) is 4.85. The fourth-order valence-electron chi connectivity index (χ4n) is 5.13. The molecule has 2 atom stereocenters. The number of fused-ring (bicyclic) bond motifs is 1. The van der Waals surface area contributed by atoms with Gasteiger partial charge in [-0.3, -0.25) is 9.59 Å². The molecule has 2 unspecified atom stereocenters. The lowest BCUT2D eigenvalue weighted by atomic mass is 9.93. The van der Waals surface area contributed by atoms with E-state index in [-0.39, 0.29) is 24.0 Å². The summed E-state index contributed by atoms with van der Waals surface area (Å²) >= 11 is 0. The second-order valence-electron chi connectivity index (χ2n) is 8.96. The molecule has 0 aliphatic carbocycles. The summed E-state index contributed by atoms with van der Waals surface area (Å²) in [6.07, 6.45) is 1.56. The van der Waals surface area contributed by atoms with Crippen LogP contribution in [0.2, 0.25) is 0 Å². The van der Waals surface area contributed by atoms with E-state index in [2.05, 4.69) is 0 Å². The Morgan fingerprint density at radius 3 is 2.64 bits per heavy atom. The van der Waals surface area contributed by atoms with Gasteiger partial charge in [-0.25, -0.2) is 0 Å². The van der Waals surface area contributed by atoms with E-state index in [1.54, 1.807) is 25.3 Å². The molecule has 3 aromatic rings. The van der Waals surface area contributed by atoms with Crippen molar-refractivity contribution in [2.45, 2.75) is 31.9 Å². The standard InChI is InChI=1S/C29H29NO6/c1-3-35-23-14-13-19(16-24(23)34-2)26-25(28(32)29(33)30(26)17-20-10-7-15-36-20)27(31)22-12-6-9-18-8-4-5-11-21(18)22/h4-6,8-9,11-14,16,20,26,31H,3,7,10,15,17H2,1-2H3/b27-25+. The summed E-state index contributed by atoms with van der Waals surface area (Å²) < 4.78 is 17.0. The number of methoxy groups -OCH3 is 1. The number of amides is 1. The van der Waals surface area contributed by atoms with E-state index in [1.807, 2.05) is 49.4 Å². The van der Waals surface area contributed by atoms with Crippen LogP contribution in [0.3, 0.4) is 0 Å². The van der Waals surface area contributed by atoms with Gasteiger partial charge in [0.15, 0.2) is 11.5 Å². The van der Waals surface area contributed by atoms with Crippen LogP contribution in [0.4, 0.5) is 0 Å². The second kappa shape index (κ2) is 10.0. The van der Waals surface area contributed by atoms with Gasteiger partial charge in [0.05, 0.1) is 31.4 Å². The Morgan fingerprint density at radius 1 is 1.08 bits per heavy atom. The van der Waals surface area contributed by atoms with Gasteiger partial charge in [0, 0.05) is 18.7 Å². The topological polar surface area (TPSA) is 85.3 Å². The Morgan fingerprint density at radius 2 is 1.89 bits per heavy atom. The van der Waals surface area contributed by atoms with E-state index in [9.17, 15) is 14.7 Å². The molecule has 0 aromatic heterocycles. The Bertz CT molecular complexity index is 1340. The number of hydrogen-bond donors (Lipinski definition) is 1. The molecule has 2 fully saturated rings. The van der Waals surface area contributed by atoms with Crippen molar-refractivity contribution >= 4 is 28.2 Å². The fraction of sp³-hybridized carbons (Fsp3) is 0.310. The van der Waals surface area contributed by atoms with E-state index in [0.29, 0.717) is 35.8 Å². The maximum Gasteiger partial charge on any atom is 0.295 e. The zero-order valence-electron chi connectivity index (χ0n) is 20.4. The molecule has 36 heavy (non-hydrogen) atoms. The number of likely N-dealkylation sites (tertiary alicyclic amines) is 1. The van der Waals surface area contributed by atoms with Crippen LogP contribution in [0.25, 0.3) is 16.5 Å². The van der Waals surface area contributed by atoms with Crippen LogP contribution in [-0.4, -0.2) is 54.7 Å². The highest BCUT2D eigenvalue weighted by atomic mass is 16.5. The SMILES string of the molecule is CCOc1ccc(C2/C(=C(\O)c3cccc4ccccc34)C(=O)C(=O)N2CC2CCCO2)cc1OC. The Balaban J connectivity index is 1.68. The van der Waals surface area contributed by atoms with Crippen LogP contribution in [0.15, 0.2) is 66.2 Å². The summed E-state index contributed by atoms with van der Waals surface area (Å²) in [5.41, 5.74) is 1.21. The van der Waals surface area contributed by atoms with Crippen LogP contribution in [-0.2, 0) is 14.3 Å². The monoisotopic (exact) mass is 487 g/mol. The van der Waals surface area contributed by atoms with Crippen molar-refractivity contribution in [3.05, 3.63) is 77.4 Å². The molecule has 0 saturated carbocycles. The van der Waals surface area contributed by atoms with Crippen molar-refractivity contribution in [3.8, 4) is 11.5 Å². The molecule has 2 heterocycles. The maximum absolute atomic E-state index is 13.4. The summed E-state index contributed by atoms with van der Waals surface area (Å²) in [5.74, 6) is -0.504. The number of ketones is 1. The number of carbonyl (C=O) groups is 2. The molecule has 2 aliphatic heterocycles. The smallest absolute Gasteiger partial charge is 0.295 e. The minimum absolute atomic E-state index is 0.0561. The molecule has 2 saturated heterocycles. The van der Waals surface area contributed by atoms with E-state index in [0.717, 1.165) is 23.6 Å². The van der Waals surface area contributed by atoms with Gasteiger partial charge >= 0.3 is 0 Å². The van der Waals surface area contributed by atoms with Gasteiger partial charge in [-0.2, -0.15) is 0 Å². The number of benzene rings is 3. The van der Waals surface area contributed by atoms with Crippen LogP contribution in [0, 0.1) is 0 Å². The molecule has 1 N–H and O–H groups in total. The quantitative estimate of drug-likeness (QED) is 0.291. The van der Waals surface area contributed by atoms with Gasteiger partial charge in [0.1, 0.15) is 5.76 Å². The number of nitrogens with zero attached hydrogens (tertiary/aromatic N) is 1. The van der Waals surface area contributed by atoms with E-state index in [1.165, 1.54) is 4.90 Å². The van der Waals surface area contributed by atoms with Gasteiger partial charge < -0.3 is 24.2 Å². The molecule has 0 bridgehead atoms. The Labute approximate surface area is 209 Å². The third kappa shape index (κ3) is 4.20. The largest absolute Gasteiger partial charge is 0.507 e. The van der Waals surface area contributed by atoms with E-state index >= 15 is 0 Å². The lowest BCUT2D eigenvalue weighted by molar-refractivity contribution is -0.140. The minimum Gasteiger partial charge on any atom is -0.507 e. The van der Waals surface area contributed by atoms with Gasteiger partial charge in [-0.05, 0) is 48.2 Å². The first-order valence-electron chi connectivity index (χ1n) is 12.2.